The molecule has 0 bridgehead atoms. The molecule has 0 saturated heterocycles. The molecule has 19 heavy (non-hydrogen) atoms. The molecule has 1 fully saturated rings. The number of para-hydroxylation sites is 1. The Labute approximate surface area is 113 Å². The van der Waals surface area contributed by atoms with Crippen LogP contribution in [0, 0.1) is 5.41 Å². The van der Waals surface area contributed by atoms with Crippen LogP contribution < -0.4 is 10.1 Å². The Balaban J connectivity index is 1.54. The van der Waals surface area contributed by atoms with E-state index in [9.17, 15) is 4.79 Å². The van der Waals surface area contributed by atoms with E-state index in [2.05, 4.69) is 5.32 Å². The van der Waals surface area contributed by atoms with E-state index < -0.39 is 0 Å². The summed E-state index contributed by atoms with van der Waals surface area (Å²) in [5.74, 6) is 0.872. The van der Waals surface area contributed by atoms with Crippen molar-refractivity contribution in [1.82, 2.24) is 5.32 Å². The van der Waals surface area contributed by atoms with Gasteiger partial charge >= 0.3 is 0 Å². The first kappa shape index (κ1) is 13.9. The van der Waals surface area contributed by atoms with E-state index in [1.54, 1.807) is 0 Å². The molecule has 4 nitrogen and oxygen atoms in total. The quantitative estimate of drug-likeness (QED) is 0.702. The van der Waals surface area contributed by atoms with Crippen molar-refractivity contribution < 1.29 is 14.6 Å². The molecule has 1 aliphatic carbocycles. The first-order valence-corrected chi connectivity index (χ1v) is 6.80. The van der Waals surface area contributed by atoms with Crippen LogP contribution in [0.2, 0.25) is 0 Å². The molecule has 0 aliphatic heterocycles. The molecule has 1 aromatic carbocycles. The number of ether oxygens (including phenoxy) is 1. The largest absolute Gasteiger partial charge is 0.494 e. The highest BCUT2D eigenvalue weighted by Crippen LogP contribution is 2.44. The third-order valence-corrected chi connectivity index (χ3v) is 3.51. The monoisotopic (exact) mass is 263 g/mol. The number of benzene rings is 1. The Bertz CT molecular complexity index is 401. The lowest BCUT2D eigenvalue weighted by Gasteiger charge is -2.12. The summed E-state index contributed by atoms with van der Waals surface area (Å²) in [6.07, 6.45) is 3.20. The van der Waals surface area contributed by atoms with Crippen LogP contribution in [0.5, 0.6) is 5.75 Å². The molecule has 2 rings (SSSR count). The van der Waals surface area contributed by atoms with Gasteiger partial charge in [0.25, 0.3) is 0 Å². The predicted molar refractivity (Wildman–Crippen MR) is 72.9 cm³/mol. The molecule has 0 radical (unpaired) electrons. The molecule has 0 heterocycles. The fourth-order valence-electron chi connectivity index (χ4n) is 1.88. The van der Waals surface area contributed by atoms with Crippen molar-refractivity contribution in [3.8, 4) is 5.75 Å². The molecule has 4 heteroatoms. The number of hydrogen-bond acceptors (Lipinski definition) is 3. The minimum absolute atomic E-state index is 0.0177. The van der Waals surface area contributed by atoms with Crippen molar-refractivity contribution >= 4 is 5.91 Å². The molecule has 0 unspecified atom stereocenters. The Kier molecular flexibility index (Phi) is 4.80. The summed E-state index contributed by atoms with van der Waals surface area (Å²) in [7, 11) is 0. The second-order valence-electron chi connectivity index (χ2n) is 5.20. The minimum Gasteiger partial charge on any atom is -0.494 e. The SMILES string of the molecule is O=C(CCCOc1ccccc1)NCC1(CO)CC1. The minimum atomic E-state index is -0.0177. The summed E-state index contributed by atoms with van der Waals surface area (Å²) in [4.78, 5) is 11.6. The average molecular weight is 263 g/mol. The van der Waals surface area contributed by atoms with Crippen LogP contribution in [0.1, 0.15) is 25.7 Å². The van der Waals surface area contributed by atoms with Crippen LogP contribution in [-0.2, 0) is 4.79 Å². The van der Waals surface area contributed by atoms with Gasteiger partial charge in [0, 0.05) is 18.4 Å². The van der Waals surface area contributed by atoms with Gasteiger partial charge in [-0.3, -0.25) is 4.79 Å². The number of hydrogen-bond donors (Lipinski definition) is 2. The first-order valence-electron chi connectivity index (χ1n) is 6.80. The molecule has 1 saturated carbocycles. The lowest BCUT2D eigenvalue weighted by atomic mass is 10.1. The second kappa shape index (κ2) is 6.57. The topological polar surface area (TPSA) is 58.6 Å². The van der Waals surface area contributed by atoms with E-state index in [4.69, 9.17) is 9.84 Å². The zero-order valence-electron chi connectivity index (χ0n) is 11.1. The molecule has 0 aromatic heterocycles. The number of carbonyl (C=O) groups is 1. The predicted octanol–water partition coefficient (Wildman–Crippen LogP) is 1.73. The third-order valence-electron chi connectivity index (χ3n) is 3.51. The highest BCUT2D eigenvalue weighted by Gasteiger charge is 2.41. The van der Waals surface area contributed by atoms with Gasteiger partial charge in [-0.2, -0.15) is 0 Å². The summed E-state index contributed by atoms with van der Waals surface area (Å²) < 4.78 is 5.52. The second-order valence-corrected chi connectivity index (χ2v) is 5.20. The lowest BCUT2D eigenvalue weighted by Crippen LogP contribution is -2.31. The fraction of sp³-hybridized carbons (Fsp3) is 0.533. The third kappa shape index (κ3) is 4.56. The van der Waals surface area contributed by atoms with Gasteiger partial charge in [0.2, 0.25) is 5.91 Å². The van der Waals surface area contributed by atoms with E-state index in [1.807, 2.05) is 30.3 Å². The first-order chi connectivity index (χ1) is 9.24. The van der Waals surface area contributed by atoms with Gasteiger partial charge in [0.15, 0.2) is 0 Å². The van der Waals surface area contributed by atoms with Crippen LogP contribution in [0.3, 0.4) is 0 Å². The molecular formula is C15H21NO3. The number of carbonyl (C=O) groups excluding carboxylic acids is 1. The Morgan fingerprint density at radius 2 is 2.05 bits per heavy atom. The number of amides is 1. The molecule has 1 aromatic rings. The zero-order chi connectivity index (χ0) is 13.6. The maximum absolute atomic E-state index is 11.6. The standard InChI is InChI=1S/C15H21NO3/c17-12-15(8-9-15)11-16-14(18)7-4-10-19-13-5-2-1-3-6-13/h1-3,5-6,17H,4,7-12H2,(H,16,18). The maximum Gasteiger partial charge on any atom is 0.220 e. The van der Waals surface area contributed by atoms with Gasteiger partial charge in [-0.1, -0.05) is 18.2 Å². The number of aliphatic hydroxyl groups is 1. The van der Waals surface area contributed by atoms with Crippen LogP contribution in [-0.4, -0.2) is 30.8 Å². The summed E-state index contributed by atoms with van der Waals surface area (Å²) in [5.41, 5.74) is -0.0177. The Morgan fingerprint density at radius 3 is 2.68 bits per heavy atom. The maximum atomic E-state index is 11.6. The fourth-order valence-corrected chi connectivity index (χ4v) is 1.88. The van der Waals surface area contributed by atoms with Crippen molar-refractivity contribution in [2.45, 2.75) is 25.7 Å². The molecule has 1 amide bonds. The summed E-state index contributed by atoms with van der Waals surface area (Å²) in [5, 5.41) is 12.0. The van der Waals surface area contributed by atoms with Crippen molar-refractivity contribution in [1.29, 1.82) is 0 Å². The lowest BCUT2D eigenvalue weighted by molar-refractivity contribution is -0.121. The average Bonchev–Trinajstić information content (AvgIpc) is 3.23. The van der Waals surface area contributed by atoms with E-state index in [0.29, 0.717) is 26.0 Å². The van der Waals surface area contributed by atoms with Crippen molar-refractivity contribution in [3.63, 3.8) is 0 Å². The van der Waals surface area contributed by atoms with E-state index >= 15 is 0 Å². The number of rotatable bonds is 8. The van der Waals surface area contributed by atoms with Gasteiger partial charge in [-0.15, -0.1) is 0 Å². The van der Waals surface area contributed by atoms with Gasteiger partial charge in [0.1, 0.15) is 5.75 Å². The smallest absolute Gasteiger partial charge is 0.220 e. The van der Waals surface area contributed by atoms with E-state index in [0.717, 1.165) is 18.6 Å². The zero-order valence-corrected chi connectivity index (χ0v) is 11.1. The van der Waals surface area contributed by atoms with Crippen molar-refractivity contribution in [2.75, 3.05) is 19.8 Å². The number of nitrogens with one attached hydrogen (secondary N) is 1. The summed E-state index contributed by atoms with van der Waals surface area (Å²) >= 11 is 0. The van der Waals surface area contributed by atoms with E-state index in [1.165, 1.54) is 0 Å². The van der Waals surface area contributed by atoms with Crippen LogP contribution >= 0.6 is 0 Å². The molecule has 2 N–H and O–H groups in total. The van der Waals surface area contributed by atoms with E-state index in [-0.39, 0.29) is 17.9 Å². The Hall–Kier alpha value is -1.55. The highest BCUT2D eigenvalue weighted by atomic mass is 16.5. The number of aliphatic hydroxyl groups excluding tert-OH is 1. The van der Waals surface area contributed by atoms with Gasteiger partial charge in [-0.05, 0) is 31.4 Å². The summed E-state index contributed by atoms with van der Waals surface area (Å²) in [6, 6.07) is 9.59. The molecule has 0 spiro atoms. The van der Waals surface area contributed by atoms with Gasteiger partial charge < -0.3 is 15.2 Å². The van der Waals surface area contributed by atoms with Crippen LogP contribution in [0.25, 0.3) is 0 Å². The van der Waals surface area contributed by atoms with Crippen LogP contribution in [0.4, 0.5) is 0 Å². The van der Waals surface area contributed by atoms with Gasteiger partial charge in [-0.25, -0.2) is 0 Å². The summed E-state index contributed by atoms with van der Waals surface area (Å²) in [6.45, 7) is 1.31. The molecule has 0 atom stereocenters. The van der Waals surface area contributed by atoms with Crippen LogP contribution in [0.15, 0.2) is 30.3 Å². The molecule has 104 valence electrons. The van der Waals surface area contributed by atoms with Crippen molar-refractivity contribution in [3.05, 3.63) is 30.3 Å². The normalized spacial score (nSPS) is 15.8. The molecular weight excluding hydrogens is 242 g/mol. The molecule has 1 aliphatic rings. The Morgan fingerprint density at radius 1 is 1.32 bits per heavy atom. The van der Waals surface area contributed by atoms with Gasteiger partial charge in [0.05, 0.1) is 13.2 Å². The van der Waals surface area contributed by atoms with Crippen molar-refractivity contribution in [2.24, 2.45) is 5.41 Å². The highest BCUT2D eigenvalue weighted by molar-refractivity contribution is 5.75.